The third kappa shape index (κ3) is 3.99. The zero-order chi connectivity index (χ0) is 24.9. The number of esters is 1. The quantitative estimate of drug-likeness (QED) is 0.219. The highest BCUT2D eigenvalue weighted by atomic mass is 19.3. The normalized spacial score (nSPS) is 15.2. The van der Waals surface area contributed by atoms with Crippen LogP contribution in [0.1, 0.15) is 23.5 Å². The maximum Gasteiger partial charge on any atom is 0.387 e. The molecule has 4 aromatic rings. The molecule has 2 heterocycles. The van der Waals surface area contributed by atoms with Crippen molar-refractivity contribution < 1.29 is 42.8 Å². The van der Waals surface area contributed by atoms with Crippen LogP contribution in [0.15, 0.2) is 63.8 Å². The number of carbonyl (C=O) groups excluding carboxylic acids is 1. The predicted molar refractivity (Wildman–Crippen MR) is 118 cm³/mol. The fourth-order valence-electron chi connectivity index (χ4n) is 4.17. The van der Waals surface area contributed by atoms with Gasteiger partial charge in [0.25, 0.3) is 0 Å². The Balaban J connectivity index is 1.76. The highest BCUT2D eigenvalue weighted by Crippen LogP contribution is 2.46. The van der Waals surface area contributed by atoms with Crippen LogP contribution in [-0.2, 0) is 4.79 Å². The number of phenols is 3. The highest BCUT2D eigenvalue weighted by molar-refractivity contribution is 5.93. The molecule has 0 fully saturated rings. The largest absolute Gasteiger partial charge is 0.507 e. The van der Waals surface area contributed by atoms with Crippen molar-refractivity contribution in [3.05, 3.63) is 75.9 Å². The summed E-state index contributed by atoms with van der Waals surface area (Å²) in [5.74, 6) is -2.86. The van der Waals surface area contributed by atoms with E-state index in [1.54, 1.807) is 6.07 Å². The van der Waals surface area contributed by atoms with Crippen LogP contribution in [0, 0.1) is 0 Å². The van der Waals surface area contributed by atoms with Crippen LogP contribution in [0.2, 0.25) is 0 Å². The average Bonchev–Trinajstić information content (AvgIpc) is 2.79. The molecule has 10 heteroatoms. The Morgan fingerprint density at radius 1 is 0.943 bits per heavy atom. The molecule has 1 aliphatic heterocycles. The van der Waals surface area contributed by atoms with Crippen molar-refractivity contribution in [1.82, 2.24) is 0 Å². The van der Waals surface area contributed by atoms with E-state index in [1.807, 2.05) is 0 Å². The monoisotopic (exact) mass is 482 g/mol. The van der Waals surface area contributed by atoms with Gasteiger partial charge < -0.3 is 29.2 Å². The van der Waals surface area contributed by atoms with E-state index in [4.69, 9.17) is 9.15 Å². The molecule has 0 bridgehead atoms. The summed E-state index contributed by atoms with van der Waals surface area (Å²) in [5.41, 5.74) is 0.247. The third-order valence-corrected chi connectivity index (χ3v) is 5.67. The molecule has 5 rings (SSSR count). The molecule has 178 valence electrons. The molecule has 0 spiro atoms. The number of fused-ring (bicyclic) bond motifs is 3. The molecule has 8 nitrogen and oxygen atoms in total. The van der Waals surface area contributed by atoms with Gasteiger partial charge in [0.1, 0.15) is 34.0 Å². The number of hydrogen-bond donors (Lipinski definition) is 3. The summed E-state index contributed by atoms with van der Waals surface area (Å²) in [4.78, 5) is 25.3. The number of phenolic OH excluding ortho intramolecular Hbond substituents is 3. The molecule has 1 aromatic heterocycles. The number of benzene rings is 3. The zero-order valence-electron chi connectivity index (χ0n) is 17.7. The summed E-state index contributed by atoms with van der Waals surface area (Å²) in [6.45, 7) is -3.05. The minimum atomic E-state index is -3.05. The van der Waals surface area contributed by atoms with Gasteiger partial charge in [0.05, 0.1) is 6.42 Å². The van der Waals surface area contributed by atoms with Crippen LogP contribution < -0.4 is 14.9 Å². The Morgan fingerprint density at radius 2 is 1.74 bits per heavy atom. The zero-order valence-corrected chi connectivity index (χ0v) is 17.7. The van der Waals surface area contributed by atoms with Crippen molar-refractivity contribution >= 4 is 16.9 Å². The van der Waals surface area contributed by atoms with Gasteiger partial charge in [-0.25, -0.2) is 0 Å². The molecule has 0 aliphatic carbocycles. The van der Waals surface area contributed by atoms with Crippen LogP contribution in [0.25, 0.3) is 22.3 Å². The Hall–Kier alpha value is -4.60. The van der Waals surface area contributed by atoms with Gasteiger partial charge in [0, 0.05) is 29.2 Å². The Kier molecular flexibility index (Phi) is 5.28. The summed E-state index contributed by atoms with van der Waals surface area (Å²) < 4.78 is 41.3. The van der Waals surface area contributed by atoms with Crippen molar-refractivity contribution in [3.63, 3.8) is 0 Å². The maximum atomic E-state index is 13.0. The topological polar surface area (TPSA) is 126 Å². The van der Waals surface area contributed by atoms with Gasteiger partial charge in [-0.3, -0.25) is 9.59 Å². The molecular weight excluding hydrogens is 466 g/mol. The number of carbonyl (C=O) groups is 1. The van der Waals surface area contributed by atoms with E-state index in [0.717, 1.165) is 12.1 Å². The molecule has 0 unspecified atom stereocenters. The fraction of sp³-hybridized carbons (Fsp3) is 0.120. The molecule has 3 aromatic carbocycles. The lowest BCUT2D eigenvalue weighted by molar-refractivity contribution is -0.135. The molecule has 35 heavy (non-hydrogen) atoms. The van der Waals surface area contributed by atoms with E-state index < -0.39 is 35.4 Å². The SMILES string of the molecule is O=C1C[C@H](c2cccc(OC(F)F)c2)c2c(cc(O)c3c(=O)cc(-c4ccc(O)c(O)c4)oc23)O1. The molecular formula is C25H16F2O8. The molecule has 1 atom stereocenters. The lowest BCUT2D eigenvalue weighted by Gasteiger charge is -2.26. The lowest BCUT2D eigenvalue weighted by Crippen LogP contribution is -2.22. The number of hydrogen-bond acceptors (Lipinski definition) is 8. The lowest BCUT2D eigenvalue weighted by atomic mass is 9.85. The van der Waals surface area contributed by atoms with Gasteiger partial charge in [-0.05, 0) is 35.9 Å². The minimum Gasteiger partial charge on any atom is -0.507 e. The van der Waals surface area contributed by atoms with Gasteiger partial charge in [-0.1, -0.05) is 12.1 Å². The third-order valence-electron chi connectivity index (χ3n) is 5.67. The van der Waals surface area contributed by atoms with Crippen molar-refractivity contribution in [2.75, 3.05) is 0 Å². The molecule has 3 N–H and O–H groups in total. The Bertz CT molecular complexity index is 1540. The van der Waals surface area contributed by atoms with E-state index in [9.17, 15) is 33.7 Å². The van der Waals surface area contributed by atoms with Crippen molar-refractivity contribution in [2.45, 2.75) is 19.0 Å². The molecule has 1 aliphatic rings. The Labute approximate surface area is 195 Å². The minimum absolute atomic E-state index is 0.0102. The second kappa shape index (κ2) is 8.32. The van der Waals surface area contributed by atoms with Crippen LogP contribution in [0.3, 0.4) is 0 Å². The van der Waals surface area contributed by atoms with E-state index in [1.165, 1.54) is 36.4 Å². The molecule has 0 radical (unpaired) electrons. The average molecular weight is 482 g/mol. The summed E-state index contributed by atoms with van der Waals surface area (Å²) in [5, 5.41) is 29.8. The van der Waals surface area contributed by atoms with Crippen LogP contribution >= 0.6 is 0 Å². The Morgan fingerprint density at radius 3 is 2.49 bits per heavy atom. The van der Waals surface area contributed by atoms with Crippen LogP contribution in [0.4, 0.5) is 8.78 Å². The predicted octanol–water partition coefficient (Wildman–Crippen LogP) is 4.62. The van der Waals surface area contributed by atoms with E-state index in [2.05, 4.69) is 4.74 Å². The number of alkyl halides is 2. The maximum absolute atomic E-state index is 13.0. The van der Waals surface area contributed by atoms with Gasteiger partial charge in [-0.2, -0.15) is 8.78 Å². The first-order chi connectivity index (χ1) is 16.7. The van der Waals surface area contributed by atoms with Crippen LogP contribution in [-0.4, -0.2) is 27.9 Å². The van der Waals surface area contributed by atoms with E-state index in [-0.39, 0.29) is 51.5 Å². The summed E-state index contributed by atoms with van der Waals surface area (Å²) in [6.07, 6.45) is -0.195. The number of ether oxygens (including phenoxy) is 2. The standard InChI is InChI=1S/C25H16F2O8/c26-25(27)33-13-3-1-2-11(6-13)14-8-21(32)34-20-10-18(31)23-17(30)9-19(35-24(23)22(14)20)12-4-5-15(28)16(29)7-12/h1-7,9-10,14,25,28-29,31H,8H2/t14-/m1/s1. The smallest absolute Gasteiger partial charge is 0.387 e. The number of halogens is 2. The van der Waals surface area contributed by atoms with Crippen molar-refractivity contribution in [3.8, 4) is 40.1 Å². The first kappa shape index (κ1) is 22.2. The van der Waals surface area contributed by atoms with Crippen molar-refractivity contribution in [1.29, 1.82) is 0 Å². The second-order valence-corrected chi connectivity index (χ2v) is 7.87. The fourth-order valence-corrected chi connectivity index (χ4v) is 4.17. The van der Waals surface area contributed by atoms with E-state index >= 15 is 0 Å². The number of aromatic hydroxyl groups is 3. The number of rotatable bonds is 4. The summed E-state index contributed by atoms with van der Waals surface area (Å²) in [6, 6.07) is 11.8. The van der Waals surface area contributed by atoms with Gasteiger partial charge in [0.15, 0.2) is 16.9 Å². The second-order valence-electron chi connectivity index (χ2n) is 7.87. The van der Waals surface area contributed by atoms with Crippen LogP contribution in [0.5, 0.6) is 28.7 Å². The van der Waals surface area contributed by atoms with Gasteiger partial charge >= 0.3 is 12.6 Å². The van der Waals surface area contributed by atoms with Gasteiger partial charge in [-0.15, -0.1) is 0 Å². The van der Waals surface area contributed by atoms with E-state index in [0.29, 0.717) is 5.56 Å². The molecule has 0 saturated heterocycles. The summed E-state index contributed by atoms with van der Waals surface area (Å²) in [7, 11) is 0. The van der Waals surface area contributed by atoms with Gasteiger partial charge in [0.2, 0.25) is 0 Å². The first-order valence-electron chi connectivity index (χ1n) is 10.3. The first-order valence-corrected chi connectivity index (χ1v) is 10.3. The summed E-state index contributed by atoms with van der Waals surface area (Å²) >= 11 is 0. The molecule has 0 saturated carbocycles. The molecule has 0 amide bonds. The highest BCUT2D eigenvalue weighted by Gasteiger charge is 2.34. The van der Waals surface area contributed by atoms with Crippen molar-refractivity contribution in [2.24, 2.45) is 0 Å².